The Morgan fingerprint density at radius 3 is 2.33 bits per heavy atom. The maximum absolute atomic E-state index is 6.40. The number of pyridine rings is 1. The molecule has 3 rings (SSSR count). The van der Waals surface area contributed by atoms with Crippen LogP contribution in [0.25, 0.3) is 0 Å². The number of nitrogens with two attached hydrogens (primary N) is 1. The molecule has 0 atom stereocenters. The molecule has 1 aliphatic heterocycles. The summed E-state index contributed by atoms with van der Waals surface area (Å²) in [6, 6.07) is 12.4. The molecule has 1 aromatic heterocycles. The highest BCUT2D eigenvalue weighted by atomic mass is 35.5. The molecule has 1 aromatic carbocycles. The van der Waals surface area contributed by atoms with Gasteiger partial charge in [0.25, 0.3) is 0 Å². The molecule has 0 bridgehead atoms. The first-order chi connectivity index (χ1) is 10.3. The summed E-state index contributed by atoms with van der Waals surface area (Å²) in [7, 11) is 0. The molecule has 2 heterocycles. The van der Waals surface area contributed by atoms with Gasteiger partial charge in [0.05, 0.1) is 5.02 Å². The van der Waals surface area contributed by atoms with Gasteiger partial charge in [0, 0.05) is 44.6 Å². The molecule has 0 radical (unpaired) electrons. The largest absolute Gasteiger partial charge is 0.368 e. The zero-order valence-corrected chi connectivity index (χ0v) is 12.6. The monoisotopic (exact) mass is 302 g/mol. The fourth-order valence-corrected chi connectivity index (χ4v) is 2.97. The van der Waals surface area contributed by atoms with Gasteiger partial charge in [0.1, 0.15) is 5.82 Å². The fourth-order valence-electron chi connectivity index (χ4n) is 2.66. The number of hydrogen-bond donors (Lipinski definition) is 1. The van der Waals surface area contributed by atoms with E-state index in [1.54, 1.807) is 6.20 Å². The Hall–Kier alpha value is -1.78. The minimum Gasteiger partial charge on any atom is -0.368 e. The maximum atomic E-state index is 6.40. The van der Waals surface area contributed by atoms with Gasteiger partial charge in [-0.25, -0.2) is 4.98 Å². The van der Waals surface area contributed by atoms with Crippen LogP contribution in [0, 0.1) is 0 Å². The number of piperazine rings is 1. The Labute approximate surface area is 130 Å². The molecule has 1 aliphatic rings. The highest BCUT2D eigenvalue weighted by Crippen LogP contribution is 2.28. The van der Waals surface area contributed by atoms with E-state index in [1.807, 2.05) is 12.1 Å². The average molecular weight is 303 g/mol. The molecule has 0 aliphatic carbocycles. The molecular weight excluding hydrogens is 284 g/mol. The van der Waals surface area contributed by atoms with E-state index in [0.29, 0.717) is 11.6 Å². The third kappa shape index (κ3) is 2.96. The molecule has 0 spiro atoms. The van der Waals surface area contributed by atoms with Crippen molar-refractivity contribution < 1.29 is 0 Å². The highest BCUT2D eigenvalue weighted by Gasteiger charge is 2.20. The lowest BCUT2D eigenvalue weighted by Crippen LogP contribution is -2.47. The molecule has 4 nitrogen and oxygen atoms in total. The zero-order valence-electron chi connectivity index (χ0n) is 11.9. The van der Waals surface area contributed by atoms with Crippen LogP contribution in [0.5, 0.6) is 0 Å². The van der Waals surface area contributed by atoms with Crippen LogP contribution in [0.2, 0.25) is 5.02 Å². The van der Waals surface area contributed by atoms with Crippen molar-refractivity contribution in [1.82, 2.24) is 4.98 Å². The fraction of sp³-hybridized carbons (Fsp3) is 0.312. The summed E-state index contributed by atoms with van der Waals surface area (Å²) in [5.41, 5.74) is 7.93. The number of nitrogens with zero attached hydrogens (tertiary/aromatic N) is 3. The van der Waals surface area contributed by atoms with Gasteiger partial charge in [-0.15, -0.1) is 0 Å². The van der Waals surface area contributed by atoms with E-state index in [-0.39, 0.29) is 0 Å². The molecule has 0 amide bonds. The lowest BCUT2D eigenvalue weighted by molar-refractivity contribution is 0.647. The quantitative estimate of drug-likeness (QED) is 0.946. The smallest absolute Gasteiger partial charge is 0.147 e. The van der Waals surface area contributed by atoms with Crippen molar-refractivity contribution in [3.8, 4) is 0 Å². The minimum absolute atomic E-state index is 0.443. The summed E-state index contributed by atoms with van der Waals surface area (Å²) in [5, 5.41) is 0.688. The second-order valence-electron chi connectivity index (χ2n) is 5.12. The van der Waals surface area contributed by atoms with Gasteiger partial charge >= 0.3 is 0 Å². The van der Waals surface area contributed by atoms with Gasteiger partial charge in [0.2, 0.25) is 0 Å². The molecule has 1 fully saturated rings. The van der Waals surface area contributed by atoms with Crippen LogP contribution in [-0.4, -0.2) is 31.2 Å². The summed E-state index contributed by atoms with van der Waals surface area (Å²) in [6.45, 7) is 4.20. The van der Waals surface area contributed by atoms with Crippen molar-refractivity contribution in [2.24, 2.45) is 5.73 Å². The summed E-state index contributed by atoms with van der Waals surface area (Å²) in [4.78, 5) is 9.05. The van der Waals surface area contributed by atoms with E-state index < -0.39 is 0 Å². The number of anilines is 2. The van der Waals surface area contributed by atoms with Crippen LogP contribution in [0.1, 0.15) is 5.56 Å². The Morgan fingerprint density at radius 2 is 1.67 bits per heavy atom. The predicted molar refractivity (Wildman–Crippen MR) is 88.0 cm³/mol. The van der Waals surface area contributed by atoms with Gasteiger partial charge < -0.3 is 15.5 Å². The maximum Gasteiger partial charge on any atom is 0.147 e. The number of aromatic nitrogens is 1. The van der Waals surface area contributed by atoms with Gasteiger partial charge in [-0.05, 0) is 23.8 Å². The second-order valence-corrected chi connectivity index (χ2v) is 5.50. The van der Waals surface area contributed by atoms with E-state index in [9.17, 15) is 0 Å². The number of benzene rings is 1. The molecule has 5 heteroatoms. The first kappa shape index (κ1) is 14.2. The Morgan fingerprint density at radius 1 is 1.00 bits per heavy atom. The van der Waals surface area contributed by atoms with Crippen LogP contribution in [0.15, 0.2) is 42.6 Å². The van der Waals surface area contributed by atoms with Crippen molar-refractivity contribution in [2.75, 3.05) is 36.0 Å². The van der Waals surface area contributed by atoms with E-state index in [0.717, 1.165) is 37.6 Å². The van der Waals surface area contributed by atoms with Gasteiger partial charge in [-0.2, -0.15) is 0 Å². The Balaban J connectivity index is 1.72. The van der Waals surface area contributed by atoms with E-state index in [1.165, 1.54) is 5.69 Å². The summed E-state index contributed by atoms with van der Waals surface area (Å²) >= 11 is 6.40. The molecule has 110 valence electrons. The molecular formula is C16H19ClN4. The standard InChI is InChI=1S/C16H19ClN4/c17-15-13(12-18)6-7-19-16(15)21-10-8-20(9-11-21)14-4-2-1-3-5-14/h1-7H,8-12,18H2. The number of para-hydroxylation sites is 1. The minimum atomic E-state index is 0.443. The van der Waals surface area contributed by atoms with Crippen molar-refractivity contribution in [3.05, 3.63) is 53.2 Å². The Kier molecular flexibility index (Phi) is 4.27. The number of halogens is 1. The summed E-state index contributed by atoms with van der Waals surface area (Å²) in [6.07, 6.45) is 1.78. The molecule has 1 saturated heterocycles. The molecule has 21 heavy (non-hydrogen) atoms. The molecule has 0 unspecified atom stereocenters. The van der Waals surface area contributed by atoms with Crippen molar-refractivity contribution in [3.63, 3.8) is 0 Å². The first-order valence-electron chi connectivity index (χ1n) is 7.18. The molecule has 2 N–H and O–H groups in total. The van der Waals surface area contributed by atoms with E-state index in [4.69, 9.17) is 17.3 Å². The molecule has 2 aromatic rings. The average Bonchev–Trinajstić information content (AvgIpc) is 2.56. The van der Waals surface area contributed by atoms with Gasteiger partial charge in [-0.3, -0.25) is 0 Å². The predicted octanol–water partition coefficient (Wildman–Crippen LogP) is 2.52. The van der Waals surface area contributed by atoms with Crippen molar-refractivity contribution >= 4 is 23.1 Å². The highest BCUT2D eigenvalue weighted by molar-refractivity contribution is 6.33. The molecule has 0 saturated carbocycles. The van der Waals surface area contributed by atoms with Crippen molar-refractivity contribution in [1.29, 1.82) is 0 Å². The first-order valence-corrected chi connectivity index (χ1v) is 7.56. The van der Waals surface area contributed by atoms with E-state index >= 15 is 0 Å². The normalized spacial score (nSPS) is 15.3. The van der Waals surface area contributed by atoms with Crippen LogP contribution < -0.4 is 15.5 Å². The van der Waals surface area contributed by atoms with Gasteiger partial charge in [-0.1, -0.05) is 29.8 Å². The van der Waals surface area contributed by atoms with Crippen molar-refractivity contribution in [2.45, 2.75) is 6.54 Å². The van der Waals surface area contributed by atoms with E-state index in [2.05, 4.69) is 39.0 Å². The number of rotatable bonds is 3. The third-order valence-corrected chi connectivity index (χ3v) is 4.28. The van der Waals surface area contributed by atoms with Crippen LogP contribution in [0.3, 0.4) is 0 Å². The zero-order chi connectivity index (χ0) is 14.7. The lowest BCUT2D eigenvalue weighted by Gasteiger charge is -2.37. The second kappa shape index (κ2) is 6.33. The Bertz CT molecular complexity index is 594. The summed E-state index contributed by atoms with van der Waals surface area (Å²) < 4.78 is 0. The topological polar surface area (TPSA) is 45.4 Å². The van der Waals surface area contributed by atoms with Crippen LogP contribution in [-0.2, 0) is 6.54 Å². The van der Waals surface area contributed by atoms with Gasteiger partial charge in [0.15, 0.2) is 0 Å². The van der Waals surface area contributed by atoms with Crippen LogP contribution in [0.4, 0.5) is 11.5 Å². The lowest BCUT2D eigenvalue weighted by atomic mass is 10.2. The van der Waals surface area contributed by atoms with Crippen LogP contribution >= 0.6 is 11.6 Å². The number of hydrogen-bond acceptors (Lipinski definition) is 4. The SMILES string of the molecule is NCc1ccnc(N2CCN(c3ccccc3)CC2)c1Cl. The summed E-state index contributed by atoms with van der Waals surface area (Å²) in [5.74, 6) is 0.854. The third-order valence-electron chi connectivity index (χ3n) is 3.87.